The fraction of sp³-hybridized carbons (Fsp3) is 0.312. The average Bonchev–Trinajstić information content (AvgIpc) is 3.08. The first-order valence-corrected chi connectivity index (χ1v) is 7.33. The first kappa shape index (κ1) is 14.3. The highest BCUT2D eigenvalue weighted by atomic mass is 16.2. The first-order valence-electron chi connectivity index (χ1n) is 7.33. The van der Waals surface area contributed by atoms with Gasteiger partial charge in [-0.15, -0.1) is 0 Å². The van der Waals surface area contributed by atoms with Gasteiger partial charge >= 0.3 is 0 Å². The topological polar surface area (TPSA) is 69.3 Å². The van der Waals surface area contributed by atoms with Crippen molar-refractivity contribution in [3.05, 3.63) is 54.1 Å². The zero-order chi connectivity index (χ0) is 15.4. The number of nitrogens with zero attached hydrogens (tertiary/aromatic N) is 3. The summed E-state index contributed by atoms with van der Waals surface area (Å²) in [5.74, 6) is 0.0823. The molecule has 1 N–H and O–H groups in total. The smallest absolute Gasteiger partial charge is 0.255 e. The third-order valence-electron chi connectivity index (χ3n) is 3.85. The minimum atomic E-state index is -0.0224. The number of rotatable bonds is 3. The molecule has 0 aromatic carbocycles. The van der Waals surface area contributed by atoms with Crippen LogP contribution in [-0.4, -0.2) is 57.8 Å². The molecule has 1 saturated heterocycles. The van der Waals surface area contributed by atoms with E-state index in [1.54, 1.807) is 29.4 Å². The number of hydrogen-bond acceptors (Lipinski definition) is 3. The number of pyridine rings is 1. The van der Waals surface area contributed by atoms with Crippen molar-refractivity contribution in [1.29, 1.82) is 0 Å². The summed E-state index contributed by atoms with van der Waals surface area (Å²) in [7, 11) is 0. The van der Waals surface area contributed by atoms with E-state index in [4.69, 9.17) is 0 Å². The van der Waals surface area contributed by atoms with E-state index >= 15 is 0 Å². The molecule has 0 atom stereocenters. The number of piperazine rings is 1. The minimum Gasteiger partial charge on any atom is -0.367 e. The Hall–Kier alpha value is -2.63. The molecule has 3 rings (SSSR count). The van der Waals surface area contributed by atoms with Crippen molar-refractivity contribution in [2.75, 3.05) is 26.2 Å². The van der Waals surface area contributed by atoms with E-state index in [9.17, 15) is 9.59 Å². The van der Waals surface area contributed by atoms with Gasteiger partial charge in [0.15, 0.2) is 0 Å². The monoisotopic (exact) mass is 298 g/mol. The van der Waals surface area contributed by atoms with E-state index in [1.807, 2.05) is 23.4 Å². The number of aromatic amines is 1. The minimum absolute atomic E-state index is 0.0224. The maximum absolute atomic E-state index is 12.3. The van der Waals surface area contributed by atoms with Crippen LogP contribution < -0.4 is 0 Å². The van der Waals surface area contributed by atoms with Crippen LogP contribution in [0.4, 0.5) is 0 Å². The molecular weight excluding hydrogens is 280 g/mol. The summed E-state index contributed by atoms with van der Waals surface area (Å²) in [5, 5.41) is 0. The van der Waals surface area contributed by atoms with Gasteiger partial charge in [0.1, 0.15) is 0 Å². The zero-order valence-electron chi connectivity index (χ0n) is 12.2. The standard InChI is InChI=1S/C16H18N4O2/c21-15(10-13-3-5-18-11-13)19-6-8-20(9-7-19)16(22)14-2-1-4-17-12-14/h1-5,11-12,18H,6-10H2. The number of carbonyl (C=O) groups excluding carboxylic acids is 2. The summed E-state index contributed by atoms with van der Waals surface area (Å²) in [6.07, 6.45) is 7.27. The highest BCUT2D eigenvalue weighted by Crippen LogP contribution is 2.10. The van der Waals surface area contributed by atoms with Gasteiger partial charge in [-0.3, -0.25) is 14.6 Å². The Labute approximate surface area is 128 Å². The molecule has 0 bridgehead atoms. The van der Waals surface area contributed by atoms with Crippen molar-refractivity contribution in [3.63, 3.8) is 0 Å². The first-order chi connectivity index (χ1) is 10.7. The Balaban J connectivity index is 1.54. The fourth-order valence-electron chi connectivity index (χ4n) is 2.59. The molecule has 2 aromatic rings. The predicted octanol–water partition coefficient (Wildman–Crippen LogP) is 0.937. The van der Waals surface area contributed by atoms with Gasteiger partial charge in [-0.1, -0.05) is 0 Å². The molecule has 1 aliphatic heterocycles. The highest BCUT2D eigenvalue weighted by molar-refractivity contribution is 5.94. The Morgan fingerprint density at radius 2 is 1.91 bits per heavy atom. The van der Waals surface area contributed by atoms with Gasteiger partial charge in [-0.25, -0.2) is 0 Å². The highest BCUT2D eigenvalue weighted by Gasteiger charge is 2.24. The van der Waals surface area contributed by atoms with Crippen molar-refractivity contribution in [2.24, 2.45) is 0 Å². The van der Waals surface area contributed by atoms with Gasteiger partial charge in [0.05, 0.1) is 12.0 Å². The van der Waals surface area contributed by atoms with E-state index in [-0.39, 0.29) is 11.8 Å². The van der Waals surface area contributed by atoms with Gasteiger partial charge in [0.25, 0.3) is 5.91 Å². The fourth-order valence-corrected chi connectivity index (χ4v) is 2.59. The van der Waals surface area contributed by atoms with Crippen molar-refractivity contribution in [3.8, 4) is 0 Å². The maximum atomic E-state index is 12.3. The Kier molecular flexibility index (Phi) is 4.18. The lowest BCUT2D eigenvalue weighted by Crippen LogP contribution is -2.51. The van der Waals surface area contributed by atoms with Crippen LogP contribution in [0.25, 0.3) is 0 Å². The summed E-state index contributed by atoms with van der Waals surface area (Å²) < 4.78 is 0. The summed E-state index contributed by atoms with van der Waals surface area (Å²) in [5.41, 5.74) is 1.58. The van der Waals surface area contributed by atoms with E-state index in [0.717, 1.165) is 5.56 Å². The molecule has 0 aliphatic carbocycles. The lowest BCUT2D eigenvalue weighted by atomic mass is 10.2. The second-order valence-corrected chi connectivity index (χ2v) is 5.31. The van der Waals surface area contributed by atoms with Gasteiger partial charge in [-0.05, 0) is 23.8 Å². The molecule has 2 aromatic heterocycles. The van der Waals surface area contributed by atoms with Crippen molar-refractivity contribution in [2.45, 2.75) is 6.42 Å². The summed E-state index contributed by atoms with van der Waals surface area (Å²) in [6, 6.07) is 5.42. The SMILES string of the molecule is O=C(Cc1cc[nH]c1)N1CCN(C(=O)c2cccnc2)CC1. The zero-order valence-corrected chi connectivity index (χ0v) is 12.2. The van der Waals surface area contributed by atoms with Gasteiger partial charge in [0, 0.05) is 51.0 Å². The Morgan fingerprint density at radius 1 is 1.14 bits per heavy atom. The molecule has 1 fully saturated rings. The molecule has 22 heavy (non-hydrogen) atoms. The van der Waals surface area contributed by atoms with E-state index in [2.05, 4.69) is 9.97 Å². The van der Waals surface area contributed by atoms with Crippen LogP contribution in [0.1, 0.15) is 15.9 Å². The lowest BCUT2D eigenvalue weighted by molar-refractivity contribution is -0.131. The molecule has 6 nitrogen and oxygen atoms in total. The van der Waals surface area contributed by atoms with Crippen LogP contribution in [0.15, 0.2) is 43.0 Å². The van der Waals surface area contributed by atoms with Crippen LogP contribution in [0, 0.1) is 0 Å². The van der Waals surface area contributed by atoms with Gasteiger partial charge in [-0.2, -0.15) is 0 Å². The lowest BCUT2D eigenvalue weighted by Gasteiger charge is -2.34. The quantitative estimate of drug-likeness (QED) is 0.917. The van der Waals surface area contributed by atoms with Crippen LogP contribution in [0.5, 0.6) is 0 Å². The maximum Gasteiger partial charge on any atom is 0.255 e. The largest absolute Gasteiger partial charge is 0.367 e. The predicted molar refractivity (Wildman–Crippen MR) is 81.2 cm³/mol. The summed E-state index contributed by atoms with van der Waals surface area (Å²) >= 11 is 0. The van der Waals surface area contributed by atoms with Crippen LogP contribution >= 0.6 is 0 Å². The molecule has 6 heteroatoms. The average molecular weight is 298 g/mol. The molecule has 0 radical (unpaired) electrons. The molecule has 114 valence electrons. The molecule has 0 saturated carbocycles. The number of carbonyl (C=O) groups is 2. The number of H-pyrrole nitrogens is 1. The van der Waals surface area contributed by atoms with E-state index in [0.29, 0.717) is 38.2 Å². The summed E-state index contributed by atoms with van der Waals surface area (Å²) in [4.78, 5) is 35.0. The molecule has 1 aliphatic rings. The molecular formula is C16H18N4O2. The second-order valence-electron chi connectivity index (χ2n) is 5.31. The molecule has 2 amide bonds. The van der Waals surface area contributed by atoms with Gasteiger partial charge < -0.3 is 14.8 Å². The third-order valence-corrected chi connectivity index (χ3v) is 3.85. The van der Waals surface area contributed by atoms with Crippen LogP contribution in [0.2, 0.25) is 0 Å². The number of aromatic nitrogens is 2. The van der Waals surface area contributed by atoms with Crippen LogP contribution in [0.3, 0.4) is 0 Å². The Bertz CT molecular complexity index is 631. The van der Waals surface area contributed by atoms with Crippen molar-refractivity contribution < 1.29 is 9.59 Å². The molecule has 0 unspecified atom stereocenters. The number of amides is 2. The van der Waals surface area contributed by atoms with Gasteiger partial charge in [0.2, 0.25) is 5.91 Å². The van der Waals surface area contributed by atoms with Crippen molar-refractivity contribution >= 4 is 11.8 Å². The Morgan fingerprint density at radius 3 is 2.55 bits per heavy atom. The third kappa shape index (κ3) is 3.16. The number of hydrogen-bond donors (Lipinski definition) is 1. The molecule has 3 heterocycles. The molecule has 0 spiro atoms. The van der Waals surface area contributed by atoms with E-state index in [1.165, 1.54) is 0 Å². The van der Waals surface area contributed by atoms with E-state index < -0.39 is 0 Å². The normalized spacial score (nSPS) is 14.9. The number of nitrogens with one attached hydrogen (secondary N) is 1. The van der Waals surface area contributed by atoms with Crippen molar-refractivity contribution in [1.82, 2.24) is 19.8 Å². The summed E-state index contributed by atoms with van der Waals surface area (Å²) in [6.45, 7) is 2.28. The second kappa shape index (κ2) is 6.43. The van der Waals surface area contributed by atoms with Crippen LogP contribution in [-0.2, 0) is 11.2 Å².